The lowest BCUT2D eigenvalue weighted by Gasteiger charge is -2.14. The maximum atomic E-state index is 10.7. The molecule has 0 aliphatic rings. The van der Waals surface area contributed by atoms with Gasteiger partial charge in [0, 0.05) is 12.2 Å². The van der Waals surface area contributed by atoms with Crippen LogP contribution in [0.25, 0.3) is 0 Å². The van der Waals surface area contributed by atoms with E-state index in [2.05, 4.69) is 8.37 Å². The normalized spacial score (nSPS) is 12.2. The van der Waals surface area contributed by atoms with E-state index in [-0.39, 0.29) is 29.0 Å². The van der Waals surface area contributed by atoms with Gasteiger partial charge in [0.25, 0.3) is 0 Å². The fourth-order valence-corrected chi connectivity index (χ4v) is 2.32. The molecule has 0 saturated heterocycles. The summed E-state index contributed by atoms with van der Waals surface area (Å²) in [5, 5.41) is 8.91. The van der Waals surface area contributed by atoms with E-state index < -0.39 is 27.4 Å². The Balaban J connectivity index is 3.33. The highest BCUT2D eigenvalue weighted by Gasteiger charge is 2.18. The van der Waals surface area contributed by atoms with Gasteiger partial charge in [0.1, 0.15) is 11.5 Å². The molecule has 0 heterocycles. The van der Waals surface area contributed by atoms with E-state index >= 15 is 0 Å². The predicted octanol–water partition coefficient (Wildman–Crippen LogP) is -0.107. The standard InChI is InChI=1S/C9H12O9S2/c1-6-7(4-5-10)9(18-20(14,15)16)3-2-8(6)17-19(11,12)13/h2-3,10H,4-5H2,1H3,(H,11,12,13)(H,14,15,16). The lowest BCUT2D eigenvalue weighted by atomic mass is 10.0. The molecule has 0 unspecified atom stereocenters. The molecule has 0 amide bonds. The maximum absolute atomic E-state index is 10.7. The van der Waals surface area contributed by atoms with E-state index in [0.717, 1.165) is 12.1 Å². The largest absolute Gasteiger partial charge is 0.446 e. The van der Waals surface area contributed by atoms with Crippen molar-refractivity contribution in [1.29, 1.82) is 0 Å². The highest BCUT2D eigenvalue weighted by molar-refractivity contribution is 7.81. The Labute approximate surface area is 115 Å². The lowest BCUT2D eigenvalue weighted by molar-refractivity contribution is 0.297. The molecule has 9 nitrogen and oxygen atoms in total. The van der Waals surface area contributed by atoms with Gasteiger partial charge in [-0.25, -0.2) is 0 Å². The van der Waals surface area contributed by atoms with Crippen LogP contribution in [0.3, 0.4) is 0 Å². The molecule has 11 heteroatoms. The summed E-state index contributed by atoms with van der Waals surface area (Å²) < 4.78 is 68.5. The molecular formula is C9H12O9S2. The quantitative estimate of drug-likeness (QED) is 0.608. The summed E-state index contributed by atoms with van der Waals surface area (Å²) in [6.07, 6.45) is -0.0840. The molecule has 0 bridgehead atoms. The Morgan fingerprint density at radius 1 is 1.00 bits per heavy atom. The number of aliphatic hydroxyl groups is 1. The van der Waals surface area contributed by atoms with Gasteiger partial charge in [-0.3, -0.25) is 9.11 Å². The van der Waals surface area contributed by atoms with Gasteiger partial charge in [-0.1, -0.05) is 0 Å². The van der Waals surface area contributed by atoms with Crippen LogP contribution in [-0.4, -0.2) is 37.7 Å². The van der Waals surface area contributed by atoms with Gasteiger partial charge < -0.3 is 13.5 Å². The molecular weight excluding hydrogens is 316 g/mol. The van der Waals surface area contributed by atoms with Crippen molar-refractivity contribution in [3.05, 3.63) is 23.3 Å². The number of hydrogen-bond donors (Lipinski definition) is 3. The zero-order valence-corrected chi connectivity index (χ0v) is 11.8. The highest BCUT2D eigenvalue weighted by atomic mass is 32.3. The molecule has 0 spiro atoms. The molecule has 0 atom stereocenters. The molecule has 0 aliphatic carbocycles. The molecule has 0 saturated carbocycles. The Bertz CT molecular complexity index is 690. The highest BCUT2D eigenvalue weighted by Crippen LogP contribution is 2.31. The molecule has 3 N–H and O–H groups in total. The molecule has 114 valence electrons. The molecule has 0 fully saturated rings. The van der Waals surface area contributed by atoms with Crippen molar-refractivity contribution in [3.63, 3.8) is 0 Å². The molecule has 0 aliphatic heterocycles. The van der Waals surface area contributed by atoms with E-state index in [0.29, 0.717) is 0 Å². The van der Waals surface area contributed by atoms with Crippen molar-refractivity contribution in [3.8, 4) is 11.5 Å². The molecule has 1 aromatic rings. The van der Waals surface area contributed by atoms with Crippen molar-refractivity contribution in [2.45, 2.75) is 13.3 Å². The average molecular weight is 328 g/mol. The van der Waals surface area contributed by atoms with Crippen LogP contribution in [0.15, 0.2) is 12.1 Å². The zero-order valence-electron chi connectivity index (χ0n) is 10.2. The van der Waals surface area contributed by atoms with Gasteiger partial charge in [-0.05, 0) is 31.0 Å². The van der Waals surface area contributed by atoms with Gasteiger partial charge in [0.2, 0.25) is 0 Å². The Hall–Kier alpha value is -1.40. The first kappa shape index (κ1) is 16.7. The zero-order chi connectivity index (χ0) is 15.6. The van der Waals surface area contributed by atoms with E-state index in [1.54, 1.807) is 0 Å². The molecule has 1 aromatic carbocycles. The van der Waals surface area contributed by atoms with Crippen LogP contribution in [0.4, 0.5) is 0 Å². The van der Waals surface area contributed by atoms with Gasteiger partial charge in [-0.15, -0.1) is 0 Å². The summed E-state index contributed by atoms with van der Waals surface area (Å²) in [5.41, 5.74) is 0.226. The SMILES string of the molecule is Cc1c(OS(=O)(=O)O)ccc(OS(=O)(=O)O)c1CCO. The lowest BCUT2D eigenvalue weighted by Crippen LogP contribution is -2.12. The van der Waals surface area contributed by atoms with Crippen molar-refractivity contribution >= 4 is 20.8 Å². The van der Waals surface area contributed by atoms with Crippen LogP contribution in [0, 0.1) is 6.92 Å². The first-order valence-electron chi connectivity index (χ1n) is 5.10. The van der Waals surface area contributed by atoms with E-state index in [9.17, 15) is 16.8 Å². The van der Waals surface area contributed by atoms with Gasteiger partial charge in [0.15, 0.2) is 0 Å². The third kappa shape index (κ3) is 4.94. The first-order chi connectivity index (χ1) is 9.03. The minimum Gasteiger partial charge on any atom is -0.396 e. The van der Waals surface area contributed by atoms with Gasteiger partial charge >= 0.3 is 20.8 Å². The van der Waals surface area contributed by atoms with Crippen LogP contribution in [0.5, 0.6) is 11.5 Å². The second kappa shape index (κ2) is 5.93. The second-order valence-electron chi connectivity index (χ2n) is 3.66. The Kier molecular flexibility index (Phi) is 4.94. The Morgan fingerprint density at radius 2 is 1.45 bits per heavy atom. The van der Waals surface area contributed by atoms with Crippen LogP contribution in [0.2, 0.25) is 0 Å². The van der Waals surface area contributed by atoms with Crippen molar-refractivity contribution < 1.29 is 39.4 Å². The second-order valence-corrected chi connectivity index (χ2v) is 5.71. The summed E-state index contributed by atoms with van der Waals surface area (Å²) in [6.45, 7) is 0.973. The smallest absolute Gasteiger partial charge is 0.396 e. The number of aliphatic hydroxyl groups excluding tert-OH is 1. The minimum atomic E-state index is -4.77. The van der Waals surface area contributed by atoms with Crippen LogP contribution in [-0.2, 0) is 27.2 Å². The summed E-state index contributed by atoms with van der Waals surface area (Å²) in [6, 6.07) is 2.05. The number of hydrogen-bond acceptors (Lipinski definition) is 7. The minimum absolute atomic E-state index is 0.0840. The Morgan fingerprint density at radius 3 is 1.90 bits per heavy atom. The molecule has 1 rings (SSSR count). The summed E-state index contributed by atoms with van der Waals surface area (Å²) in [5.74, 6) is -0.555. The third-order valence-electron chi connectivity index (χ3n) is 2.26. The fraction of sp³-hybridized carbons (Fsp3) is 0.333. The number of rotatable bonds is 6. The average Bonchev–Trinajstić information content (AvgIpc) is 2.24. The van der Waals surface area contributed by atoms with Crippen LogP contribution < -0.4 is 8.37 Å². The van der Waals surface area contributed by atoms with E-state index in [4.69, 9.17) is 14.2 Å². The fourth-order valence-electron chi connectivity index (χ4n) is 1.53. The van der Waals surface area contributed by atoms with Crippen LogP contribution in [0.1, 0.15) is 11.1 Å². The topological polar surface area (TPSA) is 147 Å². The predicted molar refractivity (Wildman–Crippen MR) is 66.3 cm³/mol. The third-order valence-corrected chi connectivity index (χ3v) is 3.04. The first-order valence-corrected chi connectivity index (χ1v) is 7.83. The van der Waals surface area contributed by atoms with Crippen LogP contribution >= 0.6 is 0 Å². The maximum Gasteiger partial charge on any atom is 0.446 e. The van der Waals surface area contributed by atoms with Crippen molar-refractivity contribution in [2.24, 2.45) is 0 Å². The van der Waals surface area contributed by atoms with E-state index in [1.165, 1.54) is 6.92 Å². The number of benzene rings is 1. The van der Waals surface area contributed by atoms with E-state index in [1.807, 2.05) is 0 Å². The van der Waals surface area contributed by atoms with Gasteiger partial charge in [0.05, 0.1) is 0 Å². The van der Waals surface area contributed by atoms with Crippen molar-refractivity contribution in [1.82, 2.24) is 0 Å². The van der Waals surface area contributed by atoms with Crippen molar-refractivity contribution in [2.75, 3.05) is 6.61 Å². The molecule has 0 radical (unpaired) electrons. The van der Waals surface area contributed by atoms with Gasteiger partial charge in [-0.2, -0.15) is 16.8 Å². The monoisotopic (exact) mass is 328 g/mol. The summed E-state index contributed by atoms with van der Waals surface area (Å²) in [4.78, 5) is 0. The summed E-state index contributed by atoms with van der Waals surface area (Å²) >= 11 is 0. The summed E-state index contributed by atoms with van der Waals surface area (Å²) in [7, 11) is -9.52. The molecule has 20 heavy (non-hydrogen) atoms. The molecule has 0 aromatic heterocycles.